The highest BCUT2D eigenvalue weighted by Crippen LogP contribution is 2.22. The minimum atomic E-state index is -0.298. The van der Waals surface area contributed by atoms with Crippen molar-refractivity contribution < 1.29 is 13.9 Å². The Balaban J connectivity index is 1.57. The van der Waals surface area contributed by atoms with Crippen LogP contribution in [0.1, 0.15) is 12.0 Å². The largest absolute Gasteiger partial charge is 0.381 e. The van der Waals surface area contributed by atoms with Crippen LogP contribution in [0.2, 0.25) is 5.02 Å². The van der Waals surface area contributed by atoms with E-state index in [1.54, 1.807) is 6.07 Å². The van der Waals surface area contributed by atoms with Crippen molar-refractivity contribution in [2.45, 2.75) is 19.0 Å². The van der Waals surface area contributed by atoms with Gasteiger partial charge in [-0.05, 0) is 24.1 Å². The van der Waals surface area contributed by atoms with Gasteiger partial charge in [0, 0.05) is 49.8 Å². The fourth-order valence-electron chi connectivity index (χ4n) is 3.38. The van der Waals surface area contributed by atoms with Gasteiger partial charge in [0.25, 0.3) is 0 Å². The first kappa shape index (κ1) is 17.1. The van der Waals surface area contributed by atoms with Crippen LogP contribution in [0.3, 0.4) is 0 Å². The van der Waals surface area contributed by atoms with Gasteiger partial charge in [-0.2, -0.15) is 0 Å². The predicted molar refractivity (Wildman–Crippen MR) is 88.2 cm³/mol. The minimum Gasteiger partial charge on any atom is -0.381 e. The first-order chi connectivity index (χ1) is 11.2. The number of halogens is 2. The summed E-state index contributed by atoms with van der Waals surface area (Å²) in [7, 11) is 0. The van der Waals surface area contributed by atoms with Gasteiger partial charge in [-0.3, -0.25) is 4.90 Å². The molecule has 6 heteroatoms. The average Bonchev–Trinajstić information content (AvgIpc) is 3.08. The topological polar surface area (TPSA) is 33.7 Å². The van der Waals surface area contributed by atoms with E-state index in [0.717, 1.165) is 58.0 Å². The highest BCUT2D eigenvalue weighted by atomic mass is 35.5. The first-order valence-electron chi connectivity index (χ1n) is 8.28. The molecule has 3 rings (SSSR count). The number of benzene rings is 1. The normalized spacial score (nSPS) is 24.0. The molecule has 4 nitrogen and oxygen atoms in total. The maximum atomic E-state index is 13.1. The van der Waals surface area contributed by atoms with Crippen molar-refractivity contribution >= 4 is 11.6 Å². The zero-order chi connectivity index (χ0) is 16.1. The standard InChI is InChI=1S/C17H24ClFN2O2/c18-16-9-15(19)2-1-13(16)10-20-11-17(14-3-6-23-12-14)21-4-7-22-8-5-21/h1-2,9,14,17,20H,3-8,10-12H2/t14-,17+/m0/s1. The maximum Gasteiger partial charge on any atom is 0.124 e. The van der Waals surface area contributed by atoms with Crippen LogP contribution >= 0.6 is 11.6 Å². The summed E-state index contributed by atoms with van der Waals surface area (Å²) in [6.45, 7) is 6.76. The lowest BCUT2D eigenvalue weighted by Gasteiger charge is -2.37. The molecular formula is C17H24ClFN2O2. The van der Waals surface area contributed by atoms with Crippen molar-refractivity contribution in [3.8, 4) is 0 Å². The lowest BCUT2D eigenvalue weighted by molar-refractivity contribution is 0.00137. The van der Waals surface area contributed by atoms with Crippen LogP contribution in [0.25, 0.3) is 0 Å². The van der Waals surface area contributed by atoms with E-state index in [1.807, 2.05) is 0 Å². The van der Waals surface area contributed by atoms with Gasteiger partial charge >= 0.3 is 0 Å². The smallest absolute Gasteiger partial charge is 0.124 e. The second kappa shape index (κ2) is 8.40. The molecule has 2 aliphatic heterocycles. The number of hydrogen-bond acceptors (Lipinski definition) is 4. The minimum absolute atomic E-state index is 0.298. The molecule has 0 saturated carbocycles. The molecule has 1 N–H and O–H groups in total. The van der Waals surface area contributed by atoms with E-state index in [2.05, 4.69) is 10.2 Å². The molecule has 2 fully saturated rings. The van der Waals surface area contributed by atoms with Crippen molar-refractivity contribution in [3.05, 3.63) is 34.6 Å². The van der Waals surface area contributed by atoms with Gasteiger partial charge in [0.2, 0.25) is 0 Å². The molecule has 0 radical (unpaired) electrons. The number of rotatable bonds is 6. The highest BCUT2D eigenvalue weighted by molar-refractivity contribution is 6.31. The zero-order valence-corrected chi connectivity index (χ0v) is 14.0. The van der Waals surface area contributed by atoms with Gasteiger partial charge in [-0.25, -0.2) is 4.39 Å². The number of morpholine rings is 1. The Labute approximate surface area is 141 Å². The van der Waals surface area contributed by atoms with E-state index >= 15 is 0 Å². The van der Waals surface area contributed by atoms with E-state index in [9.17, 15) is 4.39 Å². The SMILES string of the molecule is Fc1ccc(CNC[C@H]([C@H]2CCOC2)N2CCOCC2)c(Cl)c1. The summed E-state index contributed by atoms with van der Waals surface area (Å²) in [6, 6.07) is 5.00. The van der Waals surface area contributed by atoms with E-state index in [0.29, 0.717) is 23.5 Å². The van der Waals surface area contributed by atoms with Crippen LogP contribution in [-0.2, 0) is 16.0 Å². The third-order valence-electron chi connectivity index (χ3n) is 4.71. The summed E-state index contributed by atoms with van der Waals surface area (Å²) in [6.07, 6.45) is 1.11. The number of nitrogens with zero attached hydrogens (tertiary/aromatic N) is 1. The Hall–Kier alpha value is -0.720. The lowest BCUT2D eigenvalue weighted by atomic mass is 9.96. The fourth-order valence-corrected chi connectivity index (χ4v) is 3.61. The van der Waals surface area contributed by atoms with Gasteiger partial charge < -0.3 is 14.8 Å². The molecule has 23 heavy (non-hydrogen) atoms. The highest BCUT2D eigenvalue weighted by Gasteiger charge is 2.31. The quantitative estimate of drug-likeness (QED) is 0.860. The third kappa shape index (κ3) is 4.64. The van der Waals surface area contributed by atoms with E-state index < -0.39 is 0 Å². The summed E-state index contributed by atoms with van der Waals surface area (Å²) < 4.78 is 24.2. The molecule has 2 heterocycles. The molecule has 2 aliphatic rings. The molecule has 0 aliphatic carbocycles. The Bertz CT molecular complexity index is 505. The fraction of sp³-hybridized carbons (Fsp3) is 0.647. The molecule has 128 valence electrons. The summed E-state index contributed by atoms with van der Waals surface area (Å²) in [5, 5.41) is 3.97. The summed E-state index contributed by atoms with van der Waals surface area (Å²) in [4.78, 5) is 2.50. The lowest BCUT2D eigenvalue weighted by Crippen LogP contribution is -2.51. The number of ether oxygens (including phenoxy) is 2. The van der Waals surface area contributed by atoms with E-state index in [-0.39, 0.29) is 5.82 Å². The second-order valence-corrected chi connectivity index (χ2v) is 6.61. The molecule has 2 atom stereocenters. The van der Waals surface area contributed by atoms with Crippen LogP contribution < -0.4 is 5.32 Å². The van der Waals surface area contributed by atoms with Crippen LogP contribution in [0.4, 0.5) is 4.39 Å². The van der Waals surface area contributed by atoms with E-state index in [1.165, 1.54) is 12.1 Å². The van der Waals surface area contributed by atoms with Crippen molar-refractivity contribution in [2.24, 2.45) is 5.92 Å². The van der Waals surface area contributed by atoms with Crippen molar-refractivity contribution in [3.63, 3.8) is 0 Å². The zero-order valence-electron chi connectivity index (χ0n) is 13.3. The molecule has 2 saturated heterocycles. The summed E-state index contributed by atoms with van der Waals surface area (Å²) in [5.41, 5.74) is 0.927. The molecule has 0 amide bonds. The summed E-state index contributed by atoms with van der Waals surface area (Å²) >= 11 is 6.09. The van der Waals surface area contributed by atoms with E-state index in [4.69, 9.17) is 21.1 Å². The third-order valence-corrected chi connectivity index (χ3v) is 5.06. The monoisotopic (exact) mass is 342 g/mol. The van der Waals surface area contributed by atoms with Gasteiger partial charge in [-0.15, -0.1) is 0 Å². The molecule has 1 aromatic carbocycles. The molecule has 1 aromatic rings. The number of nitrogens with one attached hydrogen (secondary N) is 1. The Morgan fingerprint density at radius 2 is 2.09 bits per heavy atom. The van der Waals surface area contributed by atoms with Crippen LogP contribution in [0.15, 0.2) is 18.2 Å². The van der Waals surface area contributed by atoms with Crippen molar-refractivity contribution in [1.29, 1.82) is 0 Å². The second-order valence-electron chi connectivity index (χ2n) is 6.21. The predicted octanol–water partition coefficient (Wildman–Crippen LogP) is 2.31. The van der Waals surface area contributed by atoms with Gasteiger partial charge in [0.1, 0.15) is 5.82 Å². The molecule has 0 aromatic heterocycles. The van der Waals surface area contributed by atoms with Gasteiger partial charge in [-0.1, -0.05) is 17.7 Å². The molecule has 0 bridgehead atoms. The van der Waals surface area contributed by atoms with Crippen LogP contribution in [0, 0.1) is 11.7 Å². The Morgan fingerprint density at radius 1 is 1.26 bits per heavy atom. The van der Waals surface area contributed by atoms with Crippen molar-refractivity contribution in [2.75, 3.05) is 46.1 Å². The molecule has 0 unspecified atom stereocenters. The number of hydrogen-bond donors (Lipinski definition) is 1. The Morgan fingerprint density at radius 3 is 2.78 bits per heavy atom. The van der Waals surface area contributed by atoms with Gasteiger partial charge in [0.15, 0.2) is 0 Å². The van der Waals surface area contributed by atoms with Crippen LogP contribution in [0.5, 0.6) is 0 Å². The molecular weight excluding hydrogens is 319 g/mol. The van der Waals surface area contributed by atoms with Crippen molar-refractivity contribution in [1.82, 2.24) is 10.2 Å². The summed E-state index contributed by atoms with van der Waals surface area (Å²) in [5.74, 6) is 0.261. The Kier molecular flexibility index (Phi) is 6.25. The van der Waals surface area contributed by atoms with Gasteiger partial charge in [0.05, 0.1) is 19.8 Å². The molecule has 0 spiro atoms. The maximum absolute atomic E-state index is 13.1. The first-order valence-corrected chi connectivity index (χ1v) is 8.66. The average molecular weight is 343 g/mol. The van der Waals surface area contributed by atoms with Crippen LogP contribution in [-0.4, -0.2) is 57.0 Å².